The highest BCUT2D eigenvalue weighted by molar-refractivity contribution is 7.99. The van der Waals surface area contributed by atoms with Crippen molar-refractivity contribution >= 4 is 39.2 Å². The number of rotatable bonds is 7. The van der Waals surface area contributed by atoms with Crippen molar-refractivity contribution in [3.8, 4) is 5.69 Å². The molecule has 1 aromatic carbocycles. The highest BCUT2D eigenvalue weighted by atomic mass is 32.2. The van der Waals surface area contributed by atoms with Gasteiger partial charge in [-0.2, -0.15) is 0 Å². The standard InChI is InChI=1S/C23H26FN3O2S2/c1-3-8-14(2)25-19(28)13-30-23-26-21-20(15-9-4-7-12-18(15)31-21)22(29)27(23)17-11-6-5-10-16(17)24/h5-6,10-11,14H,3-4,7-9,12-13H2,1-2H3,(H,25,28). The molecule has 0 fully saturated rings. The summed E-state index contributed by atoms with van der Waals surface area (Å²) in [5.74, 6) is -0.491. The summed E-state index contributed by atoms with van der Waals surface area (Å²) in [6.45, 7) is 4.05. The molecular weight excluding hydrogens is 433 g/mol. The third-order valence-electron chi connectivity index (χ3n) is 5.51. The molecule has 0 bridgehead atoms. The number of carbonyl (C=O) groups is 1. The van der Waals surface area contributed by atoms with E-state index in [-0.39, 0.29) is 28.9 Å². The fourth-order valence-electron chi connectivity index (χ4n) is 4.08. The van der Waals surface area contributed by atoms with Gasteiger partial charge in [0.1, 0.15) is 10.6 Å². The summed E-state index contributed by atoms with van der Waals surface area (Å²) >= 11 is 2.73. The number of thioether (sulfide) groups is 1. The number of amides is 1. The second-order valence-electron chi connectivity index (χ2n) is 7.92. The number of fused-ring (bicyclic) bond motifs is 3. The number of para-hydroxylation sites is 1. The van der Waals surface area contributed by atoms with Crippen LogP contribution in [-0.2, 0) is 17.6 Å². The molecule has 4 rings (SSSR count). The summed E-state index contributed by atoms with van der Waals surface area (Å²) in [5, 5.41) is 3.92. The largest absolute Gasteiger partial charge is 0.353 e. The Morgan fingerprint density at radius 1 is 1.32 bits per heavy atom. The molecule has 31 heavy (non-hydrogen) atoms. The van der Waals surface area contributed by atoms with Gasteiger partial charge in [-0.15, -0.1) is 11.3 Å². The van der Waals surface area contributed by atoms with E-state index in [1.807, 2.05) is 6.92 Å². The zero-order valence-electron chi connectivity index (χ0n) is 17.7. The van der Waals surface area contributed by atoms with Crippen LogP contribution in [0.2, 0.25) is 0 Å². The number of aryl methyl sites for hydroxylation is 2. The van der Waals surface area contributed by atoms with E-state index >= 15 is 0 Å². The Kier molecular flexibility index (Phi) is 6.77. The number of nitrogens with zero attached hydrogens (tertiary/aromatic N) is 2. The maximum Gasteiger partial charge on any atom is 0.267 e. The van der Waals surface area contributed by atoms with Crippen LogP contribution in [0.3, 0.4) is 0 Å². The Balaban J connectivity index is 1.76. The number of carbonyl (C=O) groups excluding carboxylic acids is 1. The first kappa shape index (κ1) is 22.0. The maximum atomic E-state index is 14.7. The van der Waals surface area contributed by atoms with E-state index in [1.165, 1.54) is 27.3 Å². The molecule has 0 spiro atoms. The van der Waals surface area contributed by atoms with Gasteiger partial charge in [0.05, 0.1) is 16.8 Å². The molecule has 2 heterocycles. The molecule has 1 aliphatic carbocycles. The van der Waals surface area contributed by atoms with Crippen molar-refractivity contribution in [3.05, 3.63) is 50.9 Å². The first-order valence-electron chi connectivity index (χ1n) is 10.7. The molecule has 1 aliphatic rings. The molecule has 5 nitrogen and oxygen atoms in total. The second-order valence-corrected chi connectivity index (χ2v) is 9.95. The topological polar surface area (TPSA) is 64.0 Å². The lowest BCUT2D eigenvalue weighted by Gasteiger charge is -2.15. The van der Waals surface area contributed by atoms with E-state index in [0.717, 1.165) is 44.1 Å². The van der Waals surface area contributed by atoms with Crippen molar-refractivity contribution in [2.24, 2.45) is 0 Å². The van der Waals surface area contributed by atoms with Gasteiger partial charge in [-0.25, -0.2) is 9.37 Å². The lowest BCUT2D eigenvalue weighted by atomic mass is 9.97. The Labute approximate surface area is 189 Å². The Morgan fingerprint density at radius 2 is 2.10 bits per heavy atom. The van der Waals surface area contributed by atoms with Crippen LogP contribution in [0.1, 0.15) is 50.0 Å². The van der Waals surface area contributed by atoms with Crippen molar-refractivity contribution in [1.29, 1.82) is 0 Å². The molecule has 1 atom stereocenters. The van der Waals surface area contributed by atoms with Gasteiger partial charge in [0.2, 0.25) is 5.91 Å². The van der Waals surface area contributed by atoms with Gasteiger partial charge in [0.25, 0.3) is 5.56 Å². The smallest absolute Gasteiger partial charge is 0.267 e. The van der Waals surface area contributed by atoms with Gasteiger partial charge in [-0.3, -0.25) is 14.2 Å². The van der Waals surface area contributed by atoms with Crippen molar-refractivity contribution in [1.82, 2.24) is 14.9 Å². The minimum Gasteiger partial charge on any atom is -0.353 e. The monoisotopic (exact) mass is 459 g/mol. The van der Waals surface area contributed by atoms with Crippen LogP contribution in [0.5, 0.6) is 0 Å². The molecule has 164 valence electrons. The number of halogens is 1. The quantitative estimate of drug-likeness (QED) is 0.405. The van der Waals surface area contributed by atoms with E-state index < -0.39 is 5.82 Å². The summed E-state index contributed by atoms with van der Waals surface area (Å²) < 4.78 is 16.0. The molecule has 0 radical (unpaired) electrons. The normalized spacial score (nSPS) is 14.4. The van der Waals surface area contributed by atoms with E-state index in [0.29, 0.717) is 15.4 Å². The van der Waals surface area contributed by atoms with Crippen molar-refractivity contribution in [3.63, 3.8) is 0 Å². The molecule has 3 aromatic rings. The number of hydrogen-bond acceptors (Lipinski definition) is 5. The number of nitrogens with one attached hydrogen (secondary N) is 1. The van der Waals surface area contributed by atoms with Crippen LogP contribution in [0.4, 0.5) is 4.39 Å². The van der Waals surface area contributed by atoms with E-state index in [2.05, 4.69) is 12.2 Å². The summed E-state index contributed by atoms with van der Waals surface area (Å²) in [6.07, 6.45) is 5.86. The zero-order chi connectivity index (χ0) is 22.0. The third-order valence-corrected chi connectivity index (χ3v) is 7.64. The molecule has 1 amide bonds. The number of aromatic nitrogens is 2. The minimum atomic E-state index is -0.488. The lowest BCUT2D eigenvalue weighted by Crippen LogP contribution is -2.34. The van der Waals surface area contributed by atoms with Gasteiger partial charge in [0, 0.05) is 10.9 Å². The van der Waals surface area contributed by atoms with Gasteiger partial charge in [-0.05, 0) is 56.7 Å². The highest BCUT2D eigenvalue weighted by Gasteiger charge is 2.24. The highest BCUT2D eigenvalue weighted by Crippen LogP contribution is 2.35. The molecule has 0 saturated heterocycles. The molecule has 0 saturated carbocycles. The molecule has 1 N–H and O–H groups in total. The zero-order valence-corrected chi connectivity index (χ0v) is 19.4. The first-order chi connectivity index (χ1) is 15.0. The van der Waals surface area contributed by atoms with E-state index in [9.17, 15) is 14.0 Å². The Hall–Kier alpha value is -2.19. The fourth-order valence-corrected chi connectivity index (χ4v) is 6.20. The average Bonchev–Trinajstić information content (AvgIpc) is 3.12. The number of hydrogen-bond donors (Lipinski definition) is 1. The maximum absolute atomic E-state index is 14.7. The van der Waals surface area contributed by atoms with Gasteiger partial charge >= 0.3 is 0 Å². The van der Waals surface area contributed by atoms with Crippen molar-refractivity contribution in [2.75, 3.05) is 5.75 Å². The average molecular weight is 460 g/mol. The Bertz CT molecular complexity index is 1170. The predicted octanol–water partition coefficient (Wildman–Crippen LogP) is 4.86. The first-order valence-corrected chi connectivity index (χ1v) is 12.5. The van der Waals surface area contributed by atoms with Crippen LogP contribution in [-0.4, -0.2) is 27.3 Å². The molecule has 2 aromatic heterocycles. The summed E-state index contributed by atoms with van der Waals surface area (Å²) in [6, 6.07) is 6.30. The number of benzene rings is 1. The van der Waals surface area contributed by atoms with E-state index in [4.69, 9.17) is 4.98 Å². The molecule has 1 unspecified atom stereocenters. The summed E-state index contributed by atoms with van der Waals surface area (Å²) in [4.78, 5) is 32.6. The van der Waals surface area contributed by atoms with Gasteiger partial charge in [0.15, 0.2) is 5.16 Å². The fraction of sp³-hybridized carbons (Fsp3) is 0.435. The van der Waals surface area contributed by atoms with Crippen LogP contribution >= 0.6 is 23.1 Å². The third kappa shape index (κ3) is 4.55. The lowest BCUT2D eigenvalue weighted by molar-refractivity contribution is -0.119. The van der Waals surface area contributed by atoms with Crippen molar-refractivity contribution < 1.29 is 9.18 Å². The number of thiophene rings is 1. The minimum absolute atomic E-state index is 0.0892. The molecular formula is C23H26FN3O2S2. The summed E-state index contributed by atoms with van der Waals surface area (Å²) in [5.41, 5.74) is 0.980. The van der Waals surface area contributed by atoms with E-state index in [1.54, 1.807) is 29.5 Å². The van der Waals surface area contributed by atoms with Gasteiger partial charge in [-0.1, -0.05) is 37.2 Å². The Morgan fingerprint density at radius 3 is 2.87 bits per heavy atom. The van der Waals surface area contributed by atoms with Crippen LogP contribution < -0.4 is 10.9 Å². The summed E-state index contributed by atoms with van der Waals surface area (Å²) in [7, 11) is 0. The van der Waals surface area contributed by atoms with Gasteiger partial charge < -0.3 is 5.32 Å². The second kappa shape index (κ2) is 9.53. The SMILES string of the molecule is CCCC(C)NC(=O)CSc1nc2sc3c(c2c(=O)n1-c1ccccc1F)CCCC3. The molecule has 8 heteroatoms. The van der Waals surface area contributed by atoms with Crippen LogP contribution in [0.15, 0.2) is 34.2 Å². The van der Waals surface area contributed by atoms with Crippen molar-refractivity contribution in [2.45, 2.75) is 63.6 Å². The molecule has 0 aliphatic heterocycles. The van der Waals surface area contributed by atoms with Crippen LogP contribution in [0.25, 0.3) is 15.9 Å². The predicted molar refractivity (Wildman–Crippen MR) is 125 cm³/mol. The van der Waals surface area contributed by atoms with Crippen LogP contribution in [0, 0.1) is 5.82 Å².